The Morgan fingerprint density at radius 3 is 2.54 bits per heavy atom. The van der Waals surface area contributed by atoms with Crippen LogP contribution in [0.4, 0.5) is 4.39 Å². The predicted octanol–water partition coefficient (Wildman–Crippen LogP) is 5.39. The summed E-state index contributed by atoms with van der Waals surface area (Å²) >= 11 is 12.0. The van der Waals surface area contributed by atoms with Crippen molar-refractivity contribution in [2.24, 2.45) is 0 Å². The second-order valence-corrected chi connectivity index (χ2v) is 9.08. The number of phenolic OH excluding ortho intramolecular Hbond substituents is 1. The first-order valence-corrected chi connectivity index (χ1v) is 10.5. The summed E-state index contributed by atoms with van der Waals surface area (Å²) in [7, 11) is -3.53. The molecule has 1 unspecified atom stereocenters. The predicted molar refractivity (Wildman–Crippen MR) is 97.7 cm³/mol. The molecule has 2 aromatic rings. The first kappa shape index (κ1) is 20.8. The highest BCUT2D eigenvalue weighted by atomic mass is 35.5. The molecule has 0 saturated heterocycles. The number of rotatable bonds is 6. The third kappa shape index (κ3) is 5.01. The SMILES string of the molecule is CC(C)c1cc(Oc2c(Cl)c(F)nc(OCP(C)(=O)O)c2Cl)ccc1O. The molecule has 0 aliphatic carbocycles. The normalized spacial score (nSPS) is 13.5. The van der Waals surface area contributed by atoms with Crippen LogP contribution in [0.25, 0.3) is 0 Å². The lowest BCUT2D eigenvalue weighted by Gasteiger charge is -2.15. The van der Waals surface area contributed by atoms with Gasteiger partial charge in [0.15, 0.2) is 12.1 Å². The molecular weight excluding hydrogens is 407 g/mol. The van der Waals surface area contributed by atoms with Crippen molar-refractivity contribution >= 4 is 30.6 Å². The van der Waals surface area contributed by atoms with E-state index in [4.69, 9.17) is 32.7 Å². The van der Waals surface area contributed by atoms with Gasteiger partial charge in [-0.15, -0.1) is 0 Å². The summed E-state index contributed by atoms with van der Waals surface area (Å²) in [5, 5.41) is 9.15. The van der Waals surface area contributed by atoms with Gasteiger partial charge in [0.2, 0.25) is 19.2 Å². The minimum Gasteiger partial charge on any atom is -0.508 e. The van der Waals surface area contributed by atoms with E-state index in [-0.39, 0.29) is 28.2 Å². The molecule has 2 rings (SSSR count). The largest absolute Gasteiger partial charge is 0.508 e. The van der Waals surface area contributed by atoms with E-state index < -0.39 is 30.6 Å². The highest BCUT2D eigenvalue weighted by Gasteiger charge is 2.23. The van der Waals surface area contributed by atoms with E-state index in [0.717, 1.165) is 6.66 Å². The van der Waals surface area contributed by atoms with Gasteiger partial charge in [-0.3, -0.25) is 4.57 Å². The van der Waals surface area contributed by atoms with Gasteiger partial charge in [0.1, 0.15) is 21.5 Å². The Labute approximate surface area is 159 Å². The number of phenols is 1. The molecule has 6 nitrogen and oxygen atoms in total. The summed E-state index contributed by atoms with van der Waals surface area (Å²) in [6.45, 7) is 4.85. The number of hydrogen-bond acceptors (Lipinski definition) is 5. The van der Waals surface area contributed by atoms with Crippen LogP contribution in [0.1, 0.15) is 25.3 Å². The van der Waals surface area contributed by atoms with Crippen LogP contribution in [0.2, 0.25) is 10.0 Å². The standard InChI is InChI=1S/C16H17Cl2FNO5P/c1-8(2)10-6-9(4-5-11(10)21)25-14-12(17)15(19)20-16(13(14)18)24-7-26(3,22)23/h4-6,8,21H,7H2,1-3H3,(H,22,23). The van der Waals surface area contributed by atoms with Gasteiger partial charge in [-0.1, -0.05) is 37.0 Å². The molecule has 0 spiro atoms. The fourth-order valence-electron chi connectivity index (χ4n) is 2.02. The molecule has 142 valence electrons. The van der Waals surface area contributed by atoms with E-state index in [2.05, 4.69) is 4.98 Å². The Morgan fingerprint density at radius 2 is 1.96 bits per heavy atom. The lowest BCUT2D eigenvalue weighted by Crippen LogP contribution is -2.03. The van der Waals surface area contributed by atoms with Gasteiger partial charge >= 0.3 is 0 Å². The maximum atomic E-state index is 14.0. The molecule has 0 fully saturated rings. The van der Waals surface area contributed by atoms with E-state index in [0.29, 0.717) is 5.56 Å². The van der Waals surface area contributed by atoms with Crippen molar-refractivity contribution in [3.8, 4) is 23.1 Å². The van der Waals surface area contributed by atoms with Gasteiger partial charge in [-0.25, -0.2) is 0 Å². The van der Waals surface area contributed by atoms with Crippen LogP contribution in [-0.4, -0.2) is 28.0 Å². The second kappa shape index (κ2) is 8.01. The van der Waals surface area contributed by atoms with Crippen LogP contribution in [-0.2, 0) is 4.57 Å². The molecule has 1 aromatic heterocycles. The maximum Gasteiger partial charge on any atom is 0.239 e. The summed E-state index contributed by atoms with van der Waals surface area (Å²) in [6, 6.07) is 4.46. The number of ether oxygens (including phenoxy) is 2. The Kier molecular flexibility index (Phi) is 6.40. The van der Waals surface area contributed by atoms with Crippen molar-refractivity contribution in [1.82, 2.24) is 4.98 Å². The van der Waals surface area contributed by atoms with Crippen molar-refractivity contribution in [3.05, 3.63) is 39.8 Å². The van der Waals surface area contributed by atoms with Crippen molar-refractivity contribution in [2.75, 3.05) is 13.0 Å². The molecule has 0 aliphatic rings. The summed E-state index contributed by atoms with van der Waals surface area (Å²) < 4.78 is 35.9. The summed E-state index contributed by atoms with van der Waals surface area (Å²) in [4.78, 5) is 12.7. The molecule has 0 radical (unpaired) electrons. The van der Waals surface area contributed by atoms with Gasteiger partial charge in [0.25, 0.3) is 0 Å². The first-order chi connectivity index (χ1) is 12.0. The van der Waals surface area contributed by atoms with Gasteiger partial charge in [0, 0.05) is 12.2 Å². The van der Waals surface area contributed by atoms with E-state index >= 15 is 0 Å². The molecule has 0 bridgehead atoms. The summed E-state index contributed by atoms with van der Waals surface area (Å²) in [5.41, 5.74) is 0.618. The third-order valence-corrected chi connectivity index (χ3v) is 4.52. The molecule has 0 saturated carbocycles. The van der Waals surface area contributed by atoms with Crippen LogP contribution < -0.4 is 9.47 Å². The molecular formula is C16H17Cl2FNO5P. The average Bonchev–Trinajstić information content (AvgIpc) is 2.54. The monoisotopic (exact) mass is 423 g/mol. The molecule has 0 amide bonds. The number of pyridine rings is 1. The zero-order valence-corrected chi connectivity index (χ0v) is 16.6. The number of hydrogen-bond donors (Lipinski definition) is 2. The van der Waals surface area contributed by atoms with Gasteiger partial charge in [-0.05, 0) is 24.1 Å². The zero-order chi connectivity index (χ0) is 19.6. The van der Waals surface area contributed by atoms with Gasteiger partial charge < -0.3 is 19.5 Å². The molecule has 1 heterocycles. The van der Waals surface area contributed by atoms with Crippen molar-refractivity contribution in [1.29, 1.82) is 0 Å². The number of nitrogens with zero attached hydrogens (tertiary/aromatic N) is 1. The Hall–Kier alpha value is -1.53. The maximum absolute atomic E-state index is 14.0. The van der Waals surface area contributed by atoms with Crippen LogP contribution in [0, 0.1) is 5.95 Å². The van der Waals surface area contributed by atoms with Crippen molar-refractivity contribution < 1.29 is 28.4 Å². The smallest absolute Gasteiger partial charge is 0.239 e. The van der Waals surface area contributed by atoms with Crippen LogP contribution in [0.5, 0.6) is 23.1 Å². The second-order valence-electron chi connectivity index (χ2n) is 5.97. The van der Waals surface area contributed by atoms with Gasteiger partial charge in [0.05, 0.1) is 0 Å². The number of aromatic nitrogens is 1. The first-order valence-electron chi connectivity index (χ1n) is 7.47. The molecule has 0 aliphatic heterocycles. The molecule has 26 heavy (non-hydrogen) atoms. The fraction of sp³-hybridized carbons (Fsp3) is 0.312. The van der Waals surface area contributed by atoms with Crippen LogP contribution in [0.15, 0.2) is 18.2 Å². The molecule has 1 aromatic carbocycles. The van der Waals surface area contributed by atoms with Crippen LogP contribution in [0.3, 0.4) is 0 Å². The molecule has 2 N–H and O–H groups in total. The lowest BCUT2D eigenvalue weighted by molar-refractivity contribution is 0.332. The molecule has 1 atom stereocenters. The highest BCUT2D eigenvalue weighted by Crippen LogP contribution is 2.44. The average molecular weight is 424 g/mol. The minimum atomic E-state index is -3.53. The number of aromatic hydroxyl groups is 1. The van der Waals surface area contributed by atoms with Crippen molar-refractivity contribution in [2.45, 2.75) is 19.8 Å². The quantitative estimate of drug-likeness (QED) is 0.478. The fourth-order valence-corrected chi connectivity index (χ4v) is 2.83. The molecule has 10 heteroatoms. The van der Waals surface area contributed by atoms with Crippen molar-refractivity contribution in [3.63, 3.8) is 0 Å². The Balaban J connectivity index is 2.41. The highest BCUT2D eigenvalue weighted by molar-refractivity contribution is 7.56. The van der Waals surface area contributed by atoms with E-state index in [1.165, 1.54) is 12.1 Å². The Morgan fingerprint density at radius 1 is 1.31 bits per heavy atom. The van der Waals surface area contributed by atoms with E-state index in [1.807, 2.05) is 13.8 Å². The lowest BCUT2D eigenvalue weighted by atomic mass is 10.0. The topological polar surface area (TPSA) is 88.9 Å². The number of halogens is 3. The Bertz CT molecular complexity index is 872. The summed E-state index contributed by atoms with van der Waals surface area (Å²) in [5.74, 6) is -1.40. The van der Waals surface area contributed by atoms with Gasteiger partial charge in [-0.2, -0.15) is 9.37 Å². The zero-order valence-electron chi connectivity index (χ0n) is 14.2. The van der Waals surface area contributed by atoms with E-state index in [9.17, 15) is 19.0 Å². The summed E-state index contributed by atoms with van der Waals surface area (Å²) in [6.07, 6.45) is -0.600. The minimum absolute atomic E-state index is 0.0146. The third-order valence-electron chi connectivity index (χ3n) is 3.25. The van der Waals surface area contributed by atoms with Crippen LogP contribution >= 0.6 is 30.6 Å². The number of benzene rings is 1. The van der Waals surface area contributed by atoms with E-state index in [1.54, 1.807) is 6.07 Å².